The number of amides is 1. The van der Waals surface area contributed by atoms with Crippen LogP contribution in [0.15, 0.2) is 48.5 Å². The predicted molar refractivity (Wildman–Crippen MR) is 108 cm³/mol. The number of nitro benzene ring substituents is 1. The molecule has 1 aliphatic heterocycles. The van der Waals surface area contributed by atoms with Gasteiger partial charge in [0.1, 0.15) is 11.4 Å². The Labute approximate surface area is 163 Å². The molecule has 2 aromatic rings. The summed E-state index contributed by atoms with van der Waals surface area (Å²) in [6.45, 7) is 4.90. The minimum atomic E-state index is -0.492. The lowest BCUT2D eigenvalue weighted by atomic mass is 10.2. The van der Waals surface area contributed by atoms with Crippen LogP contribution in [0.5, 0.6) is 5.75 Å². The van der Waals surface area contributed by atoms with Gasteiger partial charge in [0.2, 0.25) is 5.91 Å². The van der Waals surface area contributed by atoms with E-state index in [0.29, 0.717) is 0 Å². The van der Waals surface area contributed by atoms with Gasteiger partial charge in [-0.2, -0.15) is 0 Å². The largest absolute Gasteiger partial charge is 0.497 e. The first-order valence-corrected chi connectivity index (χ1v) is 9.17. The third-order valence-corrected chi connectivity index (χ3v) is 5.04. The van der Waals surface area contributed by atoms with E-state index in [4.69, 9.17) is 4.74 Å². The maximum atomic E-state index is 12.6. The zero-order valence-electron chi connectivity index (χ0n) is 16.0. The third-order valence-electron chi connectivity index (χ3n) is 5.04. The van der Waals surface area contributed by atoms with Gasteiger partial charge in [-0.1, -0.05) is 12.1 Å². The number of nitro groups is 1. The van der Waals surface area contributed by atoms with Gasteiger partial charge in [0.25, 0.3) is 5.69 Å². The minimum absolute atomic E-state index is 0.104. The fourth-order valence-corrected chi connectivity index (χ4v) is 3.30. The summed E-state index contributed by atoms with van der Waals surface area (Å²) in [7, 11) is 1.64. The fourth-order valence-electron chi connectivity index (χ4n) is 3.30. The number of piperazine rings is 1. The van der Waals surface area contributed by atoms with E-state index in [2.05, 4.69) is 15.1 Å². The van der Waals surface area contributed by atoms with E-state index in [1.165, 1.54) is 6.07 Å². The SMILES string of the molecule is COc1ccc(N2CCN(C(C)C(=O)Nc3ccccc3[N+](=O)[O-])CC2)cc1. The molecule has 8 nitrogen and oxygen atoms in total. The normalized spacial score (nSPS) is 15.7. The van der Waals surface area contributed by atoms with E-state index >= 15 is 0 Å². The van der Waals surface area contributed by atoms with Crippen LogP contribution in [0.25, 0.3) is 0 Å². The zero-order valence-corrected chi connectivity index (χ0v) is 16.0. The molecular weight excluding hydrogens is 360 g/mol. The number of nitrogens with zero attached hydrogens (tertiary/aromatic N) is 3. The second-order valence-corrected chi connectivity index (χ2v) is 6.66. The van der Waals surface area contributed by atoms with Crippen LogP contribution in [0, 0.1) is 10.1 Å². The van der Waals surface area contributed by atoms with Gasteiger partial charge in [-0.15, -0.1) is 0 Å². The van der Waals surface area contributed by atoms with Crippen molar-refractivity contribution in [1.29, 1.82) is 0 Å². The summed E-state index contributed by atoms with van der Waals surface area (Å²) >= 11 is 0. The van der Waals surface area contributed by atoms with Crippen molar-refractivity contribution in [3.05, 3.63) is 58.6 Å². The number of hydrogen-bond donors (Lipinski definition) is 1. The molecule has 1 unspecified atom stereocenters. The Bertz CT molecular complexity index is 832. The Kier molecular flexibility index (Phi) is 6.10. The Morgan fingerprint density at radius 2 is 1.75 bits per heavy atom. The van der Waals surface area contributed by atoms with Crippen LogP contribution in [0.2, 0.25) is 0 Å². The molecule has 1 N–H and O–H groups in total. The molecule has 1 atom stereocenters. The lowest BCUT2D eigenvalue weighted by Crippen LogP contribution is -2.52. The van der Waals surface area contributed by atoms with E-state index in [9.17, 15) is 14.9 Å². The molecule has 0 bridgehead atoms. The smallest absolute Gasteiger partial charge is 0.292 e. The van der Waals surface area contributed by atoms with E-state index in [1.54, 1.807) is 25.3 Å². The zero-order chi connectivity index (χ0) is 20.1. The molecule has 3 rings (SSSR count). The molecule has 28 heavy (non-hydrogen) atoms. The maximum absolute atomic E-state index is 12.6. The summed E-state index contributed by atoms with van der Waals surface area (Å²) in [6, 6.07) is 13.7. The van der Waals surface area contributed by atoms with Crippen LogP contribution in [0.4, 0.5) is 17.1 Å². The molecule has 148 valence electrons. The summed E-state index contributed by atoms with van der Waals surface area (Å²) in [5.41, 5.74) is 1.24. The first-order chi connectivity index (χ1) is 13.5. The lowest BCUT2D eigenvalue weighted by Gasteiger charge is -2.38. The van der Waals surface area contributed by atoms with Crippen LogP contribution in [0.3, 0.4) is 0 Å². The molecule has 1 heterocycles. The second kappa shape index (κ2) is 8.71. The van der Waals surface area contributed by atoms with E-state index in [0.717, 1.165) is 37.6 Å². The molecule has 0 radical (unpaired) electrons. The van der Waals surface area contributed by atoms with E-state index < -0.39 is 4.92 Å². The third kappa shape index (κ3) is 4.40. The number of nitrogens with one attached hydrogen (secondary N) is 1. The van der Waals surface area contributed by atoms with Gasteiger partial charge in [-0.25, -0.2) is 0 Å². The maximum Gasteiger partial charge on any atom is 0.292 e. The van der Waals surface area contributed by atoms with Crippen molar-refractivity contribution in [2.24, 2.45) is 0 Å². The topological polar surface area (TPSA) is 88.0 Å². The highest BCUT2D eigenvalue weighted by Crippen LogP contribution is 2.24. The highest BCUT2D eigenvalue weighted by atomic mass is 16.6. The van der Waals surface area contributed by atoms with Gasteiger partial charge < -0.3 is 15.0 Å². The molecule has 2 aromatic carbocycles. The standard InChI is InChI=1S/C20H24N4O4/c1-15(20(25)21-18-5-3-4-6-19(18)24(26)27)22-11-13-23(14-12-22)16-7-9-17(28-2)10-8-16/h3-10,15H,11-14H2,1-2H3,(H,21,25). The Hall–Kier alpha value is -3.13. The van der Waals surface area contributed by atoms with E-state index in [1.807, 2.05) is 31.2 Å². The number of para-hydroxylation sites is 2. The highest BCUT2D eigenvalue weighted by Gasteiger charge is 2.27. The van der Waals surface area contributed by atoms with Crippen LogP contribution in [-0.2, 0) is 4.79 Å². The number of benzene rings is 2. The van der Waals surface area contributed by atoms with Crippen LogP contribution in [0.1, 0.15) is 6.92 Å². The average Bonchev–Trinajstić information content (AvgIpc) is 2.73. The van der Waals surface area contributed by atoms with Gasteiger partial charge in [0.05, 0.1) is 18.1 Å². The molecule has 0 aromatic heterocycles. The van der Waals surface area contributed by atoms with Crippen molar-refractivity contribution < 1.29 is 14.5 Å². The van der Waals surface area contributed by atoms with Crippen LogP contribution < -0.4 is 15.0 Å². The Morgan fingerprint density at radius 3 is 2.36 bits per heavy atom. The highest BCUT2D eigenvalue weighted by molar-refractivity contribution is 5.96. The predicted octanol–water partition coefficient (Wildman–Crippen LogP) is 2.75. The van der Waals surface area contributed by atoms with Gasteiger partial charge in [0, 0.05) is 37.9 Å². The fraction of sp³-hybridized carbons (Fsp3) is 0.350. The molecule has 1 amide bonds. The monoisotopic (exact) mass is 384 g/mol. The summed E-state index contributed by atoms with van der Waals surface area (Å²) in [5, 5.41) is 13.8. The molecule has 1 aliphatic rings. The number of rotatable bonds is 6. The number of carbonyl (C=O) groups excluding carboxylic acids is 1. The quantitative estimate of drug-likeness (QED) is 0.609. The van der Waals surface area contributed by atoms with Gasteiger partial charge >= 0.3 is 0 Å². The summed E-state index contributed by atoms with van der Waals surface area (Å²) in [6.07, 6.45) is 0. The lowest BCUT2D eigenvalue weighted by molar-refractivity contribution is -0.383. The van der Waals surface area contributed by atoms with Crippen LogP contribution >= 0.6 is 0 Å². The first kappa shape index (κ1) is 19.6. The summed E-state index contributed by atoms with van der Waals surface area (Å²) in [4.78, 5) is 27.6. The molecule has 8 heteroatoms. The van der Waals surface area contributed by atoms with Crippen molar-refractivity contribution in [3.8, 4) is 5.75 Å². The van der Waals surface area contributed by atoms with Crippen molar-refractivity contribution >= 4 is 23.0 Å². The van der Waals surface area contributed by atoms with E-state index in [-0.39, 0.29) is 23.3 Å². The van der Waals surface area contributed by atoms with Crippen molar-refractivity contribution in [1.82, 2.24) is 4.90 Å². The number of anilines is 2. The molecule has 1 fully saturated rings. The second-order valence-electron chi connectivity index (χ2n) is 6.66. The molecule has 0 saturated carbocycles. The van der Waals surface area contributed by atoms with Crippen molar-refractivity contribution in [2.45, 2.75) is 13.0 Å². The number of methoxy groups -OCH3 is 1. The van der Waals surface area contributed by atoms with Crippen molar-refractivity contribution in [2.75, 3.05) is 43.5 Å². The summed E-state index contributed by atoms with van der Waals surface area (Å²) in [5.74, 6) is 0.579. The van der Waals surface area contributed by atoms with Gasteiger partial charge in [-0.05, 0) is 37.3 Å². The molecule has 1 saturated heterocycles. The average molecular weight is 384 g/mol. The van der Waals surface area contributed by atoms with Crippen LogP contribution in [-0.4, -0.2) is 55.1 Å². The Balaban J connectivity index is 1.58. The molecule has 0 aliphatic carbocycles. The number of hydrogen-bond acceptors (Lipinski definition) is 6. The molecule has 0 spiro atoms. The first-order valence-electron chi connectivity index (χ1n) is 9.17. The summed E-state index contributed by atoms with van der Waals surface area (Å²) < 4.78 is 5.19. The number of carbonyl (C=O) groups is 1. The van der Waals surface area contributed by atoms with Gasteiger partial charge in [-0.3, -0.25) is 19.8 Å². The van der Waals surface area contributed by atoms with Crippen molar-refractivity contribution in [3.63, 3.8) is 0 Å². The Morgan fingerprint density at radius 1 is 1.11 bits per heavy atom. The minimum Gasteiger partial charge on any atom is -0.497 e. The molecular formula is C20H24N4O4. The van der Waals surface area contributed by atoms with Gasteiger partial charge in [0.15, 0.2) is 0 Å². The number of ether oxygens (including phenoxy) is 1.